The molecule has 0 unspecified atom stereocenters. The fourth-order valence-corrected chi connectivity index (χ4v) is 13.0. The summed E-state index contributed by atoms with van der Waals surface area (Å²) in [5.74, 6) is 0.387. The van der Waals surface area contributed by atoms with Gasteiger partial charge in [0.1, 0.15) is 23.0 Å². The maximum absolute atomic E-state index is 10.8. The third-order valence-corrected chi connectivity index (χ3v) is 20.3. The predicted molar refractivity (Wildman–Crippen MR) is 523 cm³/mol. The molecule has 0 saturated heterocycles. The highest BCUT2D eigenvalue weighted by Gasteiger charge is 2.33. The number of carboxylic acid groups (broad SMARTS) is 4. The largest absolute Gasteiger partial charge is 0.493 e. The van der Waals surface area contributed by atoms with Gasteiger partial charge >= 0.3 is 23.9 Å². The number of aliphatic carboxylic acids is 4. The van der Waals surface area contributed by atoms with Crippen LogP contribution in [0, 0.1) is 0 Å². The summed E-state index contributed by atoms with van der Waals surface area (Å²) in [6.07, 6.45) is 39.2. The number of ether oxygens (including phenoxy) is 4. The third-order valence-electron chi connectivity index (χ3n) is 20.3. The van der Waals surface area contributed by atoms with Crippen molar-refractivity contribution in [2.45, 2.75) is 357 Å². The molecular weight excluding hydrogens is 1510 g/mol. The lowest BCUT2D eigenvalue weighted by Crippen LogP contribution is -2.20. The Morgan fingerprint density at radius 1 is 0.254 bits per heavy atom. The molecule has 12 heteroatoms. The summed E-state index contributed by atoms with van der Waals surface area (Å²) in [4.78, 5) is 43.1. The van der Waals surface area contributed by atoms with E-state index < -0.39 is 23.9 Å². The standard InChI is InChI=1S/C29H44O3.C28H42O3.C27H40O3.C26H38O3/c1-10-11-12-13-17-32-27-24(28(4,5)6)19-23(20-25(27)29(7,8)9)22(3)16-14-15-21(2)18-26(30)31;1-10-11-12-16-31-26-23(27(4,5)6)18-22(19-24(26)28(7,8)9)21(3)15-13-14-20(2)17-25(29)30;1-10-11-15-30-25-22(26(4,5)6)17-21(18-23(25)27(7,8)9)20(3)14-12-13-19(2)16-24(28)29;1-10-14-29-24-21(25(4,5)6)16-20(17-22(24)26(7,8)9)19(3)13-11-12-18(2)15-23(27)28/h14-16,18-20H,10-13,17H2,1-9H3,(H,30,31);13-15,17-19H,10-12,16H2,1-9H3,(H,29,30);12-14,16-18H,10-11,15H2,1-9H3,(H,28,29);11-13,15-17H,10,14H2,1-9H3,(H,27,28)/b15-14+,21-18+,22-16+;14-13+,20-17+,21-15+;13-12+,19-16+,20-14+;12-11+,18-15+,19-13+. The second kappa shape index (κ2) is 50.6. The molecular formula is C110H164O12. The molecule has 0 fully saturated rings. The van der Waals surface area contributed by atoms with Crippen LogP contribution in [0.2, 0.25) is 0 Å². The summed E-state index contributed by atoms with van der Waals surface area (Å²) < 4.78 is 25.5. The van der Waals surface area contributed by atoms with Gasteiger partial charge in [0.25, 0.3) is 0 Å². The fraction of sp³-hybridized carbons (Fsp3) is 0.527. The number of allylic oxidation sites excluding steroid dienone is 20. The zero-order valence-corrected chi connectivity index (χ0v) is 82.8. The molecule has 4 aromatic rings. The van der Waals surface area contributed by atoms with Gasteiger partial charge in [0.2, 0.25) is 0 Å². The Morgan fingerprint density at radius 3 is 0.598 bits per heavy atom. The van der Waals surface area contributed by atoms with E-state index in [0.29, 0.717) is 28.9 Å². The maximum Gasteiger partial charge on any atom is 0.328 e. The van der Waals surface area contributed by atoms with Crippen LogP contribution in [0.25, 0.3) is 22.3 Å². The number of rotatable bonds is 34. The van der Waals surface area contributed by atoms with Crippen molar-refractivity contribution >= 4 is 46.2 Å². The quantitative estimate of drug-likeness (QED) is 0.0197. The van der Waals surface area contributed by atoms with Crippen LogP contribution in [0.4, 0.5) is 0 Å². The smallest absolute Gasteiger partial charge is 0.328 e. The highest BCUT2D eigenvalue weighted by Crippen LogP contribution is 2.47. The zero-order valence-electron chi connectivity index (χ0n) is 82.8. The number of hydrogen-bond acceptors (Lipinski definition) is 8. The van der Waals surface area contributed by atoms with Gasteiger partial charge in [-0.3, -0.25) is 0 Å². The van der Waals surface area contributed by atoms with Gasteiger partial charge in [-0.25, -0.2) is 19.2 Å². The van der Waals surface area contributed by atoms with E-state index in [1.54, 1.807) is 27.7 Å². The minimum atomic E-state index is -0.930. The number of benzene rings is 4. The van der Waals surface area contributed by atoms with Gasteiger partial charge in [-0.15, -0.1) is 0 Å². The van der Waals surface area contributed by atoms with Gasteiger partial charge in [0.05, 0.1) is 26.4 Å². The van der Waals surface area contributed by atoms with Gasteiger partial charge in [-0.05, 0) is 240 Å². The van der Waals surface area contributed by atoms with Gasteiger partial charge in [-0.2, -0.15) is 0 Å². The molecule has 4 N–H and O–H groups in total. The summed E-state index contributed by atoms with van der Waals surface area (Å²) in [7, 11) is 0. The topological polar surface area (TPSA) is 186 Å². The van der Waals surface area contributed by atoms with Crippen LogP contribution in [0.1, 0.15) is 380 Å². The van der Waals surface area contributed by atoms with E-state index in [9.17, 15) is 19.2 Å². The van der Waals surface area contributed by atoms with Gasteiger partial charge < -0.3 is 39.4 Å². The Bertz CT molecular complexity index is 4330. The molecule has 12 nitrogen and oxygen atoms in total. The monoisotopic (exact) mass is 1680 g/mol. The van der Waals surface area contributed by atoms with E-state index in [-0.39, 0.29) is 43.3 Å². The Morgan fingerprint density at radius 2 is 0.426 bits per heavy atom. The third kappa shape index (κ3) is 40.9. The van der Waals surface area contributed by atoms with Crippen molar-refractivity contribution in [2.24, 2.45) is 0 Å². The molecule has 0 spiro atoms. The molecule has 0 bridgehead atoms. The minimum absolute atomic E-state index is 0.0456. The molecule has 676 valence electrons. The van der Waals surface area contributed by atoms with Gasteiger partial charge in [0.15, 0.2) is 0 Å². The lowest BCUT2D eigenvalue weighted by molar-refractivity contribution is -0.132. The van der Waals surface area contributed by atoms with Crippen molar-refractivity contribution in [3.8, 4) is 23.0 Å². The van der Waals surface area contributed by atoms with Crippen molar-refractivity contribution in [2.75, 3.05) is 26.4 Å². The van der Waals surface area contributed by atoms with Crippen LogP contribution in [-0.2, 0) is 62.5 Å². The molecule has 4 aromatic carbocycles. The molecule has 4 rings (SSSR count). The molecule has 0 aromatic heterocycles. The summed E-state index contributed by atoms with van der Waals surface area (Å²) >= 11 is 0. The van der Waals surface area contributed by atoms with Crippen LogP contribution >= 0.6 is 0 Å². The second-order valence-corrected chi connectivity index (χ2v) is 40.9. The average molecular weight is 1680 g/mol. The van der Waals surface area contributed by atoms with Crippen LogP contribution < -0.4 is 18.9 Å². The number of carbonyl (C=O) groups is 4. The van der Waals surface area contributed by atoms with E-state index in [0.717, 1.165) is 108 Å². The first-order valence-corrected chi connectivity index (χ1v) is 44.4. The molecule has 122 heavy (non-hydrogen) atoms. The minimum Gasteiger partial charge on any atom is -0.493 e. The van der Waals surface area contributed by atoms with Crippen molar-refractivity contribution in [1.29, 1.82) is 0 Å². The van der Waals surface area contributed by atoms with E-state index in [1.807, 2.05) is 72.9 Å². The first-order valence-electron chi connectivity index (χ1n) is 44.4. The molecule has 0 aliphatic carbocycles. The Labute approximate surface area is 741 Å². The van der Waals surface area contributed by atoms with Crippen molar-refractivity contribution in [1.82, 2.24) is 0 Å². The summed E-state index contributed by atoms with van der Waals surface area (Å²) in [6.45, 7) is 80.7. The normalized spacial score (nSPS) is 13.7. The molecule has 0 saturated carbocycles. The van der Waals surface area contributed by atoms with E-state index >= 15 is 0 Å². The van der Waals surface area contributed by atoms with E-state index in [4.69, 9.17) is 39.4 Å². The lowest BCUT2D eigenvalue weighted by atomic mass is 9.77. The van der Waals surface area contributed by atoms with Gasteiger partial charge in [0, 0.05) is 68.8 Å². The van der Waals surface area contributed by atoms with Crippen molar-refractivity contribution in [3.05, 3.63) is 235 Å². The van der Waals surface area contributed by atoms with Gasteiger partial charge in [-0.1, -0.05) is 305 Å². The Kier molecular flexibility index (Phi) is 45.9. The lowest BCUT2D eigenvalue weighted by Gasteiger charge is -2.31. The first kappa shape index (κ1) is 111. The second-order valence-electron chi connectivity index (χ2n) is 40.9. The molecule has 0 aliphatic rings. The molecule has 0 radical (unpaired) electrons. The van der Waals surface area contributed by atoms with Crippen molar-refractivity contribution < 1.29 is 58.6 Å². The number of carboxylic acids is 4. The number of hydrogen-bond donors (Lipinski definition) is 4. The zero-order chi connectivity index (χ0) is 93.9. The highest BCUT2D eigenvalue weighted by atomic mass is 16.5. The molecule has 0 amide bonds. The summed E-state index contributed by atoms with van der Waals surface area (Å²) in [5.41, 5.74) is 21.4. The van der Waals surface area contributed by atoms with Crippen LogP contribution in [-0.4, -0.2) is 70.7 Å². The molecule has 0 atom stereocenters. The highest BCUT2D eigenvalue weighted by molar-refractivity contribution is 5.83. The Hall–Kier alpha value is -9.16. The van der Waals surface area contributed by atoms with Crippen molar-refractivity contribution in [3.63, 3.8) is 0 Å². The van der Waals surface area contributed by atoms with E-state index in [1.165, 1.54) is 112 Å². The summed E-state index contributed by atoms with van der Waals surface area (Å²) in [6, 6.07) is 18.0. The molecule has 0 aliphatic heterocycles. The Balaban J connectivity index is 0.000000814. The van der Waals surface area contributed by atoms with Crippen LogP contribution in [0.5, 0.6) is 23.0 Å². The van der Waals surface area contributed by atoms with Crippen LogP contribution in [0.15, 0.2) is 168 Å². The SMILES string of the molecule is CCCCCCOc1c(C(C)(C)C)cc(/C(C)=C/C=C/C(C)=C/C(=O)O)cc1C(C)(C)C.CCCCCOc1c(C(C)(C)C)cc(/C(C)=C/C=C/C(C)=C/C(=O)O)cc1C(C)(C)C.CCCCOc1c(C(C)(C)C)cc(/C(C)=C/C=C/C(C)=C/C(=O)O)cc1C(C)(C)C.CCCOc1c(C(C)(C)C)cc(/C(C)=C/C=C/C(C)=C/C(=O)O)cc1C(C)(C)C. The van der Waals surface area contributed by atoms with E-state index in [2.05, 4.69) is 270 Å². The maximum atomic E-state index is 10.8. The number of unbranched alkanes of at least 4 members (excludes halogenated alkanes) is 6. The summed E-state index contributed by atoms with van der Waals surface area (Å²) in [5, 5.41) is 35.4. The molecule has 0 heterocycles. The van der Waals surface area contributed by atoms with Crippen LogP contribution in [0.3, 0.4) is 0 Å². The fourth-order valence-electron chi connectivity index (χ4n) is 13.0. The average Bonchev–Trinajstić information content (AvgIpc) is 0.790. The predicted octanol–water partition coefficient (Wildman–Crippen LogP) is 30.6. The first-order chi connectivity index (χ1) is 56.1.